The van der Waals surface area contributed by atoms with Gasteiger partial charge in [0.05, 0.1) is 0 Å². The Morgan fingerprint density at radius 3 is 2.52 bits per heavy atom. The van der Waals surface area contributed by atoms with Crippen LogP contribution in [0.25, 0.3) is 0 Å². The Bertz CT molecular complexity index is 787. The molecule has 0 atom stereocenters. The highest BCUT2D eigenvalue weighted by Gasteiger charge is 2.19. The number of rotatable bonds is 9. The molecule has 0 fully saturated rings. The van der Waals surface area contributed by atoms with Crippen molar-refractivity contribution >= 4 is 21.6 Å². The molecule has 7 nitrogen and oxygen atoms in total. The molecule has 0 saturated carbocycles. The summed E-state index contributed by atoms with van der Waals surface area (Å²) in [4.78, 5) is 14.2. The lowest BCUT2D eigenvalue weighted by atomic mass is 10.2. The van der Waals surface area contributed by atoms with E-state index in [1.54, 1.807) is 0 Å². The topological polar surface area (TPSA) is 91.7 Å². The lowest BCUT2D eigenvalue weighted by molar-refractivity contribution is 0.0920. The van der Waals surface area contributed by atoms with Crippen LogP contribution in [0.1, 0.15) is 23.9 Å². The third-order valence-corrected chi connectivity index (χ3v) is 5.02. The fourth-order valence-electron chi connectivity index (χ4n) is 2.35. The summed E-state index contributed by atoms with van der Waals surface area (Å²) >= 11 is 0. The first-order chi connectivity index (χ1) is 12.0. The molecule has 8 heteroatoms. The van der Waals surface area contributed by atoms with Crippen LogP contribution in [0.5, 0.6) is 0 Å². The van der Waals surface area contributed by atoms with E-state index in [2.05, 4.69) is 34.0 Å². The summed E-state index contributed by atoms with van der Waals surface area (Å²) in [5.74, 6) is -0.454. The Morgan fingerprint density at radius 1 is 1.16 bits per heavy atom. The van der Waals surface area contributed by atoms with Gasteiger partial charge in [0.25, 0.3) is 15.9 Å². The lowest BCUT2D eigenvalue weighted by Crippen LogP contribution is -2.29. The second-order valence-electron chi connectivity index (χ2n) is 5.35. The van der Waals surface area contributed by atoms with Gasteiger partial charge in [-0.3, -0.25) is 4.79 Å². The van der Waals surface area contributed by atoms with Crippen LogP contribution >= 0.6 is 0 Å². The molecular formula is C17H23N3O4S. The molecule has 2 N–H and O–H groups in total. The Balaban J connectivity index is 1.83. The molecule has 1 aromatic heterocycles. The van der Waals surface area contributed by atoms with Crippen LogP contribution in [-0.4, -0.2) is 41.0 Å². The average molecular weight is 365 g/mol. The number of carbonyl (C=O) groups excluding carboxylic acids is 1. The number of benzene rings is 1. The van der Waals surface area contributed by atoms with Gasteiger partial charge in [0, 0.05) is 25.3 Å². The number of amides is 1. The molecule has 0 aliphatic heterocycles. The Labute approximate surface area is 148 Å². The fourth-order valence-corrected chi connectivity index (χ4v) is 3.00. The summed E-state index contributed by atoms with van der Waals surface area (Å²) < 4.78 is 30.4. The van der Waals surface area contributed by atoms with Gasteiger partial charge in [-0.15, -0.1) is 0 Å². The molecule has 0 saturated heterocycles. The lowest BCUT2D eigenvalue weighted by Gasteiger charge is -2.23. The molecule has 0 aliphatic rings. The molecule has 136 valence electrons. The summed E-state index contributed by atoms with van der Waals surface area (Å²) in [6.07, 6.45) is 0.761. The van der Waals surface area contributed by atoms with Gasteiger partial charge in [0.1, 0.15) is 0 Å². The van der Waals surface area contributed by atoms with Gasteiger partial charge in [0.15, 0.2) is 5.76 Å². The van der Waals surface area contributed by atoms with Crippen molar-refractivity contribution in [3.05, 3.63) is 48.2 Å². The van der Waals surface area contributed by atoms with E-state index in [0.717, 1.165) is 25.2 Å². The van der Waals surface area contributed by atoms with E-state index in [1.807, 2.05) is 18.2 Å². The van der Waals surface area contributed by atoms with Crippen molar-refractivity contribution in [2.75, 3.05) is 31.6 Å². The van der Waals surface area contributed by atoms with E-state index in [4.69, 9.17) is 4.42 Å². The van der Waals surface area contributed by atoms with E-state index in [1.165, 1.54) is 19.2 Å². The van der Waals surface area contributed by atoms with Crippen molar-refractivity contribution in [3.8, 4) is 0 Å². The van der Waals surface area contributed by atoms with E-state index in [0.29, 0.717) is 6.54 Å². The Kier molecular flexibility index (Phi) is 6.60. The number of nitrogens with one attached hydrogen (secondary N) is 2. The van der Waals surface area contributed by atoms with Gasteiger partial charge in [-0.1, -0.05) is 18.2 Å². The number of para-hydroxylation sites is 1. The van der Waals surface area contributed by atoms with Gasteiger partial charge in [-0.05, 0) is 44.7 Å². The van der Waals surface area contributed by atoms with Crippen molar-refractivity contribution in [1.82, 2.24) is 10.0 Å². The van der Waals surface area contributed by atoms with Gasteiger partial charge in [0.2, 0.25) is 5.09 Å². The van der Waals surface area contributed by atoms with Crippen molar-refractivity contribution in [3.63, 3.8) is 0 Å². The Morgan fingerprint density at radius 2 is 1.88 bits per heavy atom. The largest absolute Gasteiger partial charge is 0.438 e. The minimum absolute atomic E-state index is 0.0239. The van der Waals surface area contributed by atoms with Crippen LogP contribution in [-0.2, 0) is 10.0 Å². The molecule has 0 radical (unpaired) electrons. The van der Waals surface area contributed by atoms with Crippen LogP contribution in [0.3, 0.4) is 0 Å². The predicted molar refractivity (Wildman–Crippen MR) is 96.2 cm³/mol. The van der Waals surface area contributed by atoms with Gasteiger partial charge in [-0.2, -0.15) is 0 Å². The smallest absolute Gasteiger partial charge is 0.287 e. The second-order valence-corrected chi connectivity index (χ2v) is 7.17. The first-order valence-electron chi connectivity index (χ1n) is 8.09. The van der Waals surface area contributed by atoms with Gasteiger partial charge >= 0.3 is 0 Å². The molecule has 25 heavy (non-hydrogen) atoms. The molecule has 1 aromatic carbocycles. The number of furan rings is 1. The molecule has 1 amide bonds. The second kappa shape index (κ2) is 8.68. The fraction of sp³-hybridized carbons (Fsp3) is 0.353. The molecule has 0 unspecified atom stereocenters. The van der Waals surface area contributed by atoms with Crippen LogP contribution in [0.4, 0.5) is 5.69 Å². The Hall–Kier alpha value is -2.32. The van der Waals surface area contributed by atoms with Gasteiger partial charge < -0.3 is 14.6 Å². The van der Waals surface area contributed by atoms with Crippen LogP contribution in [0, 0.1) is 0 Å². The number of hydrogen-bond acceptors (Lipinski definition) is 5. The van der Waals surface area contributed by atoms with Crippen LogP contribution < -0.4 is 14.9 Å². The maximum absolute atomic E-state index is 12.0. The normalized spacial score (nSPS) is 11.3. The number of hydrogen-bond donors (Lipinski definition) is 2. The van der Waals surface area contributed by atoms with Crippen molar-refractivity contribution in [2.45, 2.75) is 18.4 Å². The number of anilines is 1. The zero-order chi connectivity index (χ0) is 18.3. The summed E-state index contributed by atoms with van der Waals surface area (Å²) in [6, 6.07) is 12.7. The third-order valence-electron chi connectivity index (χ3n) is 3.73. The van der Waals surface area contributed by atoms with E-state index < -0.39 is 15.9 Å². The van der Waals surface area contributed by atoms with Crippen LogP contribution in [0.2, 0.25) is 0 Å². The standard InChI is InChI=1S/C17H23N3O4S/c1-3-20(14-8-5-4-6-9-14)13-7-12-19-17(21)15-10-11-16(24-15)25(22,23)18-2/h4-6,8-11,18H,3,7,12-13H2,1-2H3,(H,19,21). The first-order valence-corrected chi connectivity index (χ1v) is 9.58. The highest BCUT2D eigenvalue weighted by molar-refractivity contribution is 7.89. The summed E-state index contributed by atoms with van der Waals surface area (Å²) in [6.45, 7) is 4.23. The zero-order valence-electron chi connectivity index (χ0n) is 14.4. The van der Waals surface area contributed by atoms with E-state index in [9.17, 15) is 13.2 Å². The molecule has 0 bridgehead atoms. The third kappa shape index (κ3) is 5.07. The molecule has 2 aromatic rings. The summed E-state index contributed by atoms with van der Waals surface area (Å²) in [5.41, 5.74) is 1.14. The quantitative estimate of drug-likeness (QED) is 0.662. The SMILES string of the molecule is CCN(CCCNC(=O)c1ccc(S(=O)(=O)NC)o1)c1ccccc1. The van der Waals surface area contributed by atoms with Gasteiger partial charge in [-0.25, -0.2) is 13.1 Å². The van der Waals surface area contributed by atoms with Crippen LogP contribution in [0.15, 0.2) is 52.0 Å². The monoisotopic (exact) mass is 365 g/mol. The van der Waals surface area contributed by atoms with Crippen molar-refractivity contribution < 1.29 is 17.6 Å². The maximum atomic E-state index is 12.0. The molecule has 0 aliphatic carbocycles. The number of nitrogens with zero attached hydrogens (tertiary/aromatic N) is 1. The molecule has 2 rings (SSSR count). The highest BCUT2D eigenvalue weighted by atomic mass is 32.2. The number of sulfonamides is 1. The first kappa shape index (κ1) is 19.0. The summed E-state index contributed by atoms with van der Waals surface area (Å²) in [5, 5.41) is 2.46. The maximum Gasteiger partial charge on any atom is 0.287 e. The molecule has 0 spiro atoms. The summed E-state index contributed by atoms with van der Waals surface area (Å²) in [7, 11) is -2.40. The van der Waals surface area contributed by atoms with E-state index >= 15 is 0 Å². The van der Waals surface area contributed by atoms with Crippen molar-refractivity contribution in [1.29, 1.82) is 0 Å². The average Bonchev–Trinajstić information content (AvgIpc) is 3.13. The van der Waals surface area contributed by atoms with E-state index in [-0.39, 0.29) is 10.9 Å². The number of carbonyl (C=O) groups is 1. The predicted octanol–water partition coefficient (Wildman–Crippen LogP) is 1.83. The molecular weight excluding hydrogens is 342 g/mol. The molecule has 1 heterocycles. The minimum Gasteiger partial charge on any atom is -0.438 e. The minimum atomic E-state index is -3.68. The zero-order valence-corrected chi connectivity index (χ0v) is 15.2. The van der Waals surface area contributed by atoms with Crippen molar-refractivity contribution in [2.24, 2.45) is 0 Å². The highest BCUT2D eigenvalue weighted by Crippen LogP contribution is 2.14.